The maximum absolute atomic E-state index is 5.78. The number of ether oxygens (including phenoxy) is 1. The molecule has 1 aromatic rings. The van der Waals surface area contributed by atoms with Gasteiger partial charge in [-0.25, -0.2) is 0 Å². The first kappa shape index (κ1) is 10.8. The normalized spacial score (nSPS) is 15.4. The summed E-state index contributed by atoms with van der Waals surface area (Å²) in [5, 5.41) is 0. The van der Waals surface area contributed by atoms with Crippen molar-refractivity contribution in [1.29, 1.82) is 0 Å². The molecule has 0 saturated heterocycles. The summed E-state index contributed by atoms with van der Waals surface area (Å²) in [5.74, 6) is 1.39. The van der Waals surface area contributed by atoms with Crippen LogP contribution in [0.1, 0.15) is 20.8 Å². The van der Waals surface area contributed by atoms with Crippen molar-refractivity contribution in [3.05, 3.63) is 42.5 Å². The van der Waals surface area contributed by atoms with E-state index in [1.807, 2.05) is 37.3 Å². The minimum absolute atomic E-state index is 0.216. The van der Waals surface area contributed by atoms with Gasteiger partial charge in [-0.05, 0) is 26.0 Å². The van der Waals surface area contributed by atoms with E-state index < -0.39 is 0 Å². The minimum atomic E-state index is 0.216. The maximum Gasteiger partial charge on any atom is 0.119 e. The van der Waals surface area contributed by atoms with Crippen molar-refractivity contribution in [2.24, 2.45) is 5.92 Å². The molecule has 0 aliphatic rings. The Morgan fingerprint density at radius 1 is 1.14 bits per heavy atom. The van der Waals surface area contributed by atoms with E-state index in [-0.39, 0.29) is 6.10 Å². The van der Waals surface area contributed by atoms with E-state index in [4.69, 9.17) is 4.74 Å². The minimum Gasteiger partial charge on any atom is -0.490 e. The Morgan fingerprint density at radius 2 is 1.79 bits per heavy atom. The Hall–Kier alpha value is -1.24. The van der Waals surface area contributed by atoms with Gasteiger partial charge in [-0.1, -0.05) is 37.3 Å². The van der Waals surface area contributed by atoms with Crippen LogP contribution < -0.4 is 4.74 Å². The summed E-state index contributed by atoms with van der Waals surface area (Å²) in [6.07, 6.45) is 4.44. The molecule has 14 heavy (non-hydrogen) atoms. The van der Waals surface area contributed by atoms with Crippen LogP contribution in [0, 0.1) is 5.92 Å². The zero-order chi connectivity index (χ0) is 10.4. The number of rotatable bonds is 4. The Morgan fingerprint density at radius 3 is 2.36 bits per heavy atom. The summed E-state index contributed by atoms with van der Waals surface area (Å²) in [6.45, 7) is 6.29. The maximum atomic E-state index is 5.78. The van der Waals surface area contributed by atoms with E-state index in [9.17, 15) is 0 Å². The average Bonchev–Trinajstić information content (AvgIpc) is 2.19. The van der Waals surface area contributed by atoms with Crippen molar-refractivity contribution in [1.82, 2.24) is 0 Å². The Bertz CT molecular complexity index is 277. The van der Waals surface area contributed by atoms with Gasteiger partial charge in [0.15, 0.2) is 0 Å². The van der Waals surface area contributed by atoms with Crippen LogP contribution in [0.5, 0.6) is 5.75 Å². The molecule has 1 heteroatoms. The quantitative estimate of drug-likeness (QED) is 0.658. The van der Waals surface area contributed by atoms with Crippen molar-refractivity contribution in [3.8, 4) is 5.75 Å². The molecule has 0 spiro atoms. The van der Waals surface area contributed by atoms with E-state index in [1.165, 1.54) is 0 Å². The molecule has 0 aromatic heterocycles. The predicted molar refractivity (Wildman–Crippen MR) is 60.5 cm³/mol. The molecule has 0 aliphatic carbocycles. The number of para-hydroxylation sites is 1. The van der Waals surface area contributed by atoms with Gasteiger partial charge < -0.3 is 4.74 Å². The lowest BCUT2D eigenvalue weighted by Gasteiger charge is -2.18. The Labute approximate surface area is 86.4 Å². The van der Waals surface area contributed by atoms with Gasteiger partial charge in [-0.15, -0.1) is 0 Å². The summed E-state index contributed by atoms with van der Waals surface area (Å²) >= 11 is 0. The van der Waals surface area contributed by atoms with Gasteiger partial charge in [-0.2, -0.15) is 0 Å². The van der Waals surface area contributed by atoms with Crippen LogP contribution in [0.3, 0.4) is 0 Å². The monoisotopic (exact) mass is 190 g/mol. The molecule has 0 bridgehead atoms. The summed E-state index contributed by atoms with van der Waals surface area (Å²) in [5.41, 5.74) is 0. The third-order valence-corrected chi connectivity index (χ3v) is 2.30. The molecule has 0 saturated carbocycles. The largest absolute Gasteiger partial charge is 0.490 e. The molecule has 0 aliphatic heterocycles. The van der Waals surface area contributed by atoms with E-state index >= 15 is 0 Å². The highest BCUT2D eigenvalue weighted by molar-refractivity contribution is 5.21. The molecule has 2 atom stereocenters. The summed E-state index contributed by atoms with van der Waals surface area (Å²) < 4.78 is 5.78. The van der Waals surface area contributed by atoms with Gasteiger partial charge >= 0.3 is 0 Å². The van der Waals surface area contributed by atoms with Crippen LogP contribution in [0.15, 0.2) is 42.5 Å². The molecule has 0 fully saturated rings. The fraction of sp³-hybridized carbons (Fsp3) is 0.385. The summed E-state index contributed by atoms with van der Waals surface area (Å²) in [6, 6.07) is 9.94. The molecule has 0 N–H and O–H groups in total. The lowest BCUT2D eigenvalue weighted by atomic mass is 10.1. The lowest BCUT2D eigenvalue weighted by Crippen LogP contribution is -2.19. The molecule has 0 unspecified atom stereocenters. The van der Waals surface area contributed by atoms with E-state index in [1.54, 1.807) is 0 Å². The molecule has 1 nitrogen and oxygen atoms in total. The fourth-order valence-corrected chi connectivity index (χ4v) is 1.28. The number of hydrogen-bond acceptors (Lipinski definition) is 1. The van der Waals surface area contributed by atoms with Crippen molar-refractivity contribution in [2.75, 3.05) is 0 Å². The van der Waals surface area contributed by atoms with E-state index in [0.717, 1.165) is 5.75 Å². The molecule has 1 rings (SSSR count). The predicted octanol–water partition coefficient (Wildman–Crippen LogP) is 3.67. The van der Waals surface area contributed by atoms with E-state index in [0.29, 0.717) is 5.92 Å². The molecule has 0 amide bonds. The smallest absolute Gasteiger partial charge is 0.119 e. The van der Waals surface area contributed by atoms with Crippen LogP contribution >= 0.6 is 0 Å². The topological polar surface area (TPSA) is 9.23 Å². The van der Waals surface area contributed by atoms with Crippen LogP contribution in [0.25, 0.3) is 0 Å². The second-order valence-corrected chi connectivity index (χ2v) is 3.52. The number of allylic oxidation sites excluding steroid dienone is 1. The second kappa shape index (κ2) is 5.48. The van der Waals surface area contributed by atoms with Gasteiger partial charge in [0, 0.05) is 5.92 Å². The van der Waals surface area contributed by atoms with Crippen molar-refractivity contribution in [3.63, 3.8) is 0 Å². The van der Waals surface area contributed by atoms with Crippen LogP contribution in [-0.2, 0) is 0 Å². The molecule has 76 valence electrons. The molecule has 0 heterocycles. The lowest BCUT2D eigenvalue weighted by molar-refractivity contribution is 0.183. The number of benzene rings is 1. The SMILES string of the molecule is C/C=C/[C@@H](C)[C@@H](C)Oc1ccccc1. The first-order valence-electron chi connectivity index (χ1n) is 5.08. The van der Waals surface area contributed by atoms with Gasteiger partial charge in [0.05, 0.1) is 0 Å². The highest BCUT2D eigenvalue weighted by Crippen LogP contribution is 2.15. The van der Waals surface area contributed by atoms with Crippen molar-refractivity contribution >= 4 is 0 Å². The highest BCUT2D eigenvalue weighted by Gasteiger charge is 2.09. The van der Waals surface area contributed by atoms with E-state index in [2.05, 4.69) is 26.0 Å². The summed E-state index contributed by atoms with van der Waals surface area (Å²) in [4.78, 5) is 0. The molecular weight excluding hydrogens is 172 g/mol. The van der Waals surface area contributed by atoms with Crippen LogP contribution in [-0.4, -0.2) is 6.10 Å². The van der Waals surface area contributed by atoms with Crippen LogP contribution in [0.2, 0.25) is 0 Å². The number of hydrogen-bond donors (Lipinski definition) is 0. The molecule has 0 radical (unpaired) electrons. The van der Waals surface area contributed by atoms with Crippen LogP contribution in [0.4, 0.5) is 0 Å². The van der Waals surface area contributed by atoms with Gasteiger partial charge in [0.2, 0.25) is 0 Å². The highest BCUT2D eigenvalue weighted by atomic mass is 16.5. The first-order chi connectivity index (χ1) is 6.74. The molecular formula is C13H18O. The van der Waals surface area contributed by atoms with Gasteiger partial charge in [0.25, 0.3) is 0 Å². The average molecular weight is 190 g/mol. The van der Waals surface area contributed by atoms with Crippen molar-refractivity contribution in [2.45, 2.75) is 26.9 Å². The Balaban J connectivity index is 2.52. The Kier molecular flexibility index (Phi) is 4.24. The fourth-order valence-electron chi connectivity index (χ4n) is 1.28. The summed E-state index contributed by atoms with van der Waals surface area (Å²) in [7, 11) is 0. The zero-order valence-electron chi connectivity index (χ0n) is 9.10. The second-order valence-electron chi connectivity index (χ2n) is 3.52. The van der Waals surface area contributed by atoms with Gasteiger partial charge in [0.1, 0.15) is 11.9 Å². The van der Waals surface area contributed by atoms with Crippen molar-refractivity contribution < 1.29 is 4.74 Å². The zero-order valence-corrected chi connectivity index (χ0v) is 9.10. The third kappa shape index (κ3) is 3.25. The third-order valence-electron chi connectivity index (χ3n) is 2.30. The molecule has 1 aromatic carbocycles. The first-order valence-corrected chi connectivity index (χ1v) is 5.08. The standard InChI is InChI=1S/C13H18O/c1-4-8-11(2)12(3)14-13-9-6-5-7-10-13/h4-12H,1-3H3/b8-4+/t11-,12-/m1/s1. The van der Waals surface area contributed by atoms with Gasteiger partial charge in [-0.3, -0.25) is 0 Å².